The number of aromatic nitrogens is 1. The Labute approximate surface area is 153 Å². The summed E-state index contributed by atoms with van der Waals surface area (Å²) in [7, 11) is 1.65. The van der Waals surface area contributed by atoms with Gasteiger partial charge in [0.05, 0.1) is 7.11 Å². The van der Waals surface area contributed by atoms with Crippen LogP contribution in [-0.2, 0) is 13.1 Å². The fourth-order valence-electron chi connectivity index (χ4n) is 3.51. The van der Waals surface area contributed by atoms with Crippen LogP contribution < -0.4 is 4.74 Å². The number of carbonyl (C=O) groups is 1. The number of pyridine rings is 1. The SMILES string of the molecule is COc1ccc(CN2Cc3cc(-c4cccnc4)cc(C)c3C2=O)cc1. The minimum absolute atomic E-state index is 0.103. The molecule has 1 aliphatic rings. The van der Waals surface area contributed by atoms with Crippen molar-refractivity contribution >= 4 is 5.91 Å². The molecule has 0 radical (unpaired) electrons. The van der Waals surface area contributed by atoms with Crippen LogP contribution in [0.3, 0.4) is 0 Å². The van der Waals surface area contributed by atoms with Gasteiger partial charge >= 0.3 is 0 Å². The average molecular weight is 344 g/mol. The van der Waals surface area contributed by atoms with Crippen molar-refractivity contribution in [2.45, 2.75) is 20.0 Å². The highest BCUT2D eigenvalue weighted by Crippen LogP contribution is 2.32. The first-order valence-corrected chi connectivity index (χ1v) is 8.62. The van der Waals surface area contributed by atoms with Crippen LogP contribution in [0.2, 0.25) is 0 Å². The number of ether oxygens (including phenoxy) is 1. The molecule has 26 heavy (non-hydrogen) atoms. The topological polar surface area (TPSA) is 42.4 Å². The molecule has 0 fully saturated rings. The summed E-state index contributed by atoms with van der Waals surface area (Å²) >= 11 is 0. The molecule has 4 rings (SSSR count). The first-order valence-electron chi connectivity index (χ1n) is 8.62. The van der Waals surface area contributed by atoms with Crippen molar-refractivity contribution in [3.63, 3.8) is 0 Å². The molecule has 0 bridgehead atoms. The largest absolute Gasteiger partial charge is 0.497 e. The van der Waals surface area contributed by atoms with Gasteiger partial charge in [-0.2, -0.15) is 0 Å². The van der Waals surface area contributed by atoms with Crippen molar-refractivity contribution in [3.8, 4) is 16.9 Å². The second-order valence-electron chi connectivity index (χ2n) is 6.58. The van der Waals surface area contributed by atoms with Gasteiger partial charge < -0.3 is 9.64 Å². The lowest BCUT2D eigenvalue weighted by Crippen LogP contribution is -2.23. The highest BCUT2D eigenvalue weighted by Gasteiger charge is 2.29. The highest BCUT2D eigenvalue weighted by atomic mass is 16.5. The zero-order valence-corrected chi connectivity index (χ0v) is 14.9. The van der Waals surface area contributed by atoms with Gasteiger partial charge in [-0.25, -0.2) is 0 Å². The van der Waals surface area contributed by atoms with Crippen molar-refractivity contribution < 1.29 is 9.53 Å². The van der Waals surface area contributed by atoms with Crippen LogP contribution in [-0.4, -0.2) is 22.9 Å². The van der Waals surface area contributed by atoms with Crippen LogP contribution in [0, 0.1) is 6.92 Å². The normalized spacial score (nSPS) is 13.0. The molecule has 2 heterocycles. The molecule has 0 atom stereocenters. The lowest BCUT2D eigenvalue weighted by atomic mass is 9.97. The first kappa shape index (κ1) is 16.3. The maximum absolute atomic E-state index is 12.9. The third-order valence-electron chi connectivity index (χ3n) is 4.81. The number of hydrogen-bond acceptors (Lipinski definition) is 3. The Morgan fingerprint density at radius 3 is 2.62 bits per heavy atom. The highest BCUT2D eigenvalue weighted by molar-refractivity contribution is 6.00. The monoisotopic (exact) mass is 344 g/mol. The van der Waals surface area contributed by atoms with Crippen LogP contribution >= 0.6 is 0 Å². The summed E-state index contributed by atoms with van der Waals surface area (Å²) in [4.78, 5) is 19.0. The van der Waals surface area contributed by atoms with Crippen molar-refractivity contribution in [1.29, 1.82) is 0 Å². The van der Waals surface area contributed by atoms with E-state index in [-0.39, 0.29) is 5.91 Å². The van der Waals surface area contributed by atoms with Gasteiger partial charge in [-0.1, -0.05) is 24.3 Å². The number of rotatable bonds is 4. The van der Waals surface area contributed by atoms with E-state index in [1.54, 1.807) is 13.3 Å². The lowest BCUT2D eigenvalue weighted by molar-refractivity contribution is 0.0766. The van der Waals surface area contributed by atoms with Gasteiger partial charge in [0.15, 0.2) is 0 Å². The molecule has 4 heteroatoms. The van der Waals surface area contributed by atoms with Crippen LogP contribution in [0.15, 0.2) is 60.9 Å². The number of fused-ring (bicyclic) bond motifs is 1. The summed E-state index contributed by atoms with van der Waals surface area (Å²) in [6.07, 6.45) is 3.62. The summed E-state index contributed by atoms with van der Waals surface area (Å²) in [5, 5.41) is 0. The Bertz CT molecular complexity index is 950. The third kappa shape index (κ3) is 2.94. The Kier molecular flexibility index (Phi) is 4.17. The summed E-state index contributed by atoms with van der Waals surface area (Å²) < 4.78 is 5.20. The van der Waals surface area contributed by atoms with E-state index in [0.717, 1.165) is 39.1 Å². The molecule has 3 aromatic rings. The number of hydrogen-bond donors (Lipinski definition) is 0. The van der Waals surface area contributed by atoms with Crippen molar-refractivity contribution in [3.05, 3.63) is 83.2 Å². The zero-order chi connectivity index (χ0) is 18.1. The Hall–Kier alpha value is -3.14. The lowest BCUT2D eigenvalue weighted by Gasteiger charge is -2.16. The Morgan fingerprint density at radius 2 is 1.92 bits per heavy atom. The minimum atomic E-state index is 0.103. The van der Waals surface area contributed by atoms with Crippen LogP contribution in [0.4, 0.5) is 0 Å². The van der Waals surface area contributed by atoms with E-state index >= 15 is 0 Å². The second-order valence-corrected chi connectivity index (χ2v) is 6.58. The smallest absolute Gasteiger partial charge is 0.255 e. The maximum Gasteiger partial charge on any atom is 0.255 e. The maximum atomic E-state index is 12.9. The molecule has 4 nitrogen and oxygen atoms in total. The number of aryl methyl sites for hydroxylation is 1. The number of carbonyl (C=O) groups excluding carboxylic acids is 1. The van der Waals surface area contributed by atoms with E-state index in [0.29, 0.717) is 13.1 Å². The molecular weight excluding hydrogens is 324 g/mol. The van der Waals surface area contributed by atoms with Crippen LogP contribution in [0.1, 0.15) is 27.0 Å². The Balaban J connectivity index is 1.61. The van der Waals surface area contributed by atoms with E-state index in [1.165, 1.54) is 0 Å². The van der Waals surface area contributed by atoms with Gasteiger partial charge in [0.25, 0.3) is 5.91 Å². The molecule has 0 N–H and O–H groups in total. The Morgan fingerprint density at radius 1 is 1.12 bits per heavy atom. The molecule has 1 amide bonds. The van der Waals surface area contributed by atoms with Gasteiger partial charge in [-0.05, 0) is 53.4 Å². The molecule has 0 saturated heterocycles. The summed E-state index contributed by atoms with van der Waals surface area (Å²) in [5.74, 6) is 0.924. The molecule has 1 aromatic heterocycles. The molecule has 0 aliphatic carbocycles. The van der Waals surface area contributed by atoms with Gasteiger partial charge in [0, 0.05) is 36.6 Å². The fourth-order valence-corrected chi connectivity index (χ4v) is 3.51. The molecule has 1 aliphatic heterocycles. The van der Waals surface area contributed by atoms with E-state index < -0.39 is 0 Å². The van der Waals surface area contributed by atoms with Crippen LogP contribution in [0.5, 0.6) is 5.75 Å². The van der Waals surface area contributed by atoms with E-state index in [1.807, 2.05) is 54.4 Å². The van der Waals surface area contributed by atoms with Crippen molar-refractivity contribution in [2.24, 2.45) is 0 Å². The van der Waals surface area contributed by atoms with Crippen molar-refractivity contribution in [2.75, 3.05) is 7.11 Å². The second kappa shape index (κ2) is 6.64. The predicted octanol–water partition coefficient (Wildman–Crippen LogP) is 4.22. The van der Waals surface area contributed by atoms with Crippen LogP contribution in [0.25, 0.3) is 11.1 Å². The summed E-state index contributed by atoms with van der Waals surface area (Å²) in [6.45, 7) is 3.24. The zero-order valence-electron chi connectivity index (χ0n) is 14.9. The number of nitrogens with zero attached hydrogens (tertiary/aromatic N) is 2. The number of benzene rings is 2. The van der Waals surface area contributed by atoms with Gasteiger partial charge in [-0.15, -0.1) is 0 Å². The van der Waals surface area contributed by atoms with E-state index in [4.69, 9.17) is 4.74 Å². The number of amides is 1. The quantitative estimate of drug-likeness (QED) is 0.711. The first-order chi connectivity index (χ1) is 12.7. The predicted molar refractivity (Wildman–Crippen MR) is 101 cm³/mol. The van der Waals surface area contributed by atoms with Gasteiger partial charge in [-0.3, -0.25) is 9.78 Å². The third-order valence-corrected chi connectivity index (χ3v) is 4.81. The van der Waals surface area contributed by atoms with Gasteiger partial charge in [0.1, 0.15) is 5.75 Å². The van der Waals surface area contributed by atoms with E-state index in [2.05, 4.69) is 17.1 Å². The molecule has 130 valence electrons. The summed E-state index contributed by atoms with van der Waals surface area (Å²) in [6, 6.07) is 16.0. The van der Waals surface area contributed by atoms with Gasteiger partial charge in [0.2, 0.25) is 0 Å². The molecule has 0 saturated carbocycles. The standard InChI is InChI=1S/C22H20N2O2/c1-15-10-18(17-4-3-9-23-12-17)11-19-14-24(22(25)21(15)19)13-16-5-7-20(26-2)8-6-16/h3-12H,13-14H2,1-2H3. The average Bonchev–Trinajstić information content (AvgIpc) is 2.99. The molecule has 2 aromatic carbocycles. The molecular formula is C22H20N2O2. The van der Waals surface area contributed by atoms with Crippen molar-refractivity contribution in [1.82, 2.24) is 9.88 Å². The summed E-state index contributed by atoms with van der Waals surface area (Å²) in [5.41, 5.74) is 6.21. The molecule has 0 unspecified atom stereocenters. The minimum Gasteiger partial charge on any atom is -0.497 e. The number of methoxy groups -OCH3 is 1. The van der Waals surface area contributed by atoms with E-state index in [9.17, 15) is 4.79 Å². The fraction of sp³-hybridized carbons (Fsp3) is 0.182. The molecule has 0 spiro atoms.